The summed E-state index contributed by atoms with van der Waals surface area (Å²) in [4.78, 5) is 0. The Hall–Kier alpha value is 0.400. The second-order valence-electron chi connectivity index (χ2n) is 3.94. The van der Waals surface area contributed by atoms with E-state index < -0.39 is 0 Å². The van der Waals surface area contributed by atoms with Crippen LogP contribution in [-0.4, -0.2) is 31.1 Å². The number of nitrogens with one attached hydrogen (secondary N) is 1. The molecule has 14 heavy (non-hydrogen) atoms. The number of unbranched alkanes of at least 4 members (excludes halogenated alkanes) is 3. The van der Waals surface area contributed by atoms with E-state index in [1.54, 1.807) is 0 Å². The second kappa shape index (κ2) is 8.69. The van der Waals surface area contributed by atoms with Crippen LogP contribution in [0.1, 0.15) is 38.5 Å². The molecule has 0 aromatic carbocycles. The summed E-state index contributed by atoms with van der Waals surface area (Å²) in [5.41, 5.74) is 0. The highest BCUT2D eigenvalue weighted by Crippen LogP contribution is 2.10. The molecule has 0 aromatic rings. The fourth-order valence-electron chi connectivity index (χ4n) is 1.77. The van der Waals surface area contributed by atoms with Gasteiger partial charge in [-0.25, -0.2) is 0 Å². The molecular weight excluding hydrogens is 242 g/mol. The fourth-order valence-corrected chi connectivity index (χ4v) is 2.16. The molecule has 0 spiro atoms. The highest BCUT2D eigenvalue weighted by Gasteiger charge is 2.13. The normalized spacial score (nSPS) is 21.6. The number of ether oxygens (including phenoxy) is 1. The van der Waals surface area contributed by atoms with Gasteiger partial charge in [-0.15, -0.1) is 0 Å². The van der Waals surface area contributed by atoms with Gasteiger partial charge in [-0.1, -0.05) is 28.8 Å². The predicted octanol–water partition coefficient (Wildman–Crippen LogP) is 2.71. The van der Waals surface area contributed by atoms with Gasteiger partial charge in [0.15, 0.2) is 0 Å². The maximum atomic E-state index is 5.53. The highest BCUT2D eigenvalue weighted by atomic mass is 79.9. The number of hydrogen-bond donors (Lipinski definition) is 1. The zero-order valence-electron chi connectivity index (χ0n) is 8.93. The SMILES string of the molecule is BrCCCCCCNCC1CCCO1. The Balaban J connectivity index is 1.75. The summed E-state index contributed by atoms with van der Waals surface area (Å²) in [7, 11) is 0. The molecule has 1 aliphatic heterocycles. The van der Waals surface area contributed by atoms with E-state index in [4.69, 9.17) is 4.74 Å². The van der Waals surface area contributed by atoms with Gasteiger partial charge in [0.1, 0.15) is 0 Å². The minimum absolute atomic E-state index is 0.498. The van der Waals surface area contributed by atoms with Crippen molar-refractivity contribution in [1.29, 1.82) is 0 Å². The first kappa shape index (κ1) is 12.5. The topological polar surface area (TPSA) is 21.3 Å². The lowest BCUT2D eigenvalue weighted by Gasteiger charge is -2.10. The Labute approximate surface area is 95.9 Å². The van der Waals surface area contributed by atoms with E-state index in [0.29, 0.717) is 6.10 Å². The van der Waals surface area contributed by atoms with E-state index in [1.165, 1.54) is 38.5 Å². The molecule has 1 saturated heterocycles. The minimum Gasteiger partial charge on any atom is -0.377 e. The number of hydrogen-bond acceptors (Lipinski definition) is 2. The van der Waals surface area contributed by atoms with E-state index in [9.17, 15) is 0 Å². The minimum atomic E-state index is 0.498. The van der Waals surface area contributed by atoms with Gasteiger partial charge in [0.25, 0.3) is 0 Å². The van der Waals surface area contributed by atoms with Gasteiger partial charge in [-0.3, -0.25) is 0 Å². The van der Waals surface area contributed by atoms with Crippen molar-refractivity contribution in [3.8, 4) is 0 Å². The Morgan fingerprint density at radius 1 is 1.21 bits per heavy atom. The third-order valence-corrected chi connectivity index (χ3v) is 3.19. The zero-order valence-corrected chi connectivity index (χ0v) is 10.5. The maximum absolute atomic E-state index is 5.53. The standard InChI is InChI=1S/C11H22BrNO/c12-7-3-1-2-4-8-13-10-11-6-5-9-14-11/h11,13H,1-10H2. The second-order valence-corrected chi connectivity index (χ2v) is 4.74. The van der Waals surface area contributed by atoms with Gasteiger partial charge in [0.05, 0.1) is 6.10 Å². The number of halogens is 1. The van der Waals surface area contributed by atoms with Gasteiger partial charge in [-0.05, 0) is 32.2 Å². The molecule has 1 N–H and O–H groups in total. The van der Waals surface area contributed by atoms with Crippen molar-refractivity contribution in [2.24, 2.45) is 0 Å². The van der Waals surface area contributed by atoms with E-state index in [-0.39, 0.29) is 0 Å². The Morgan fingerprint density at radius 3 is 2.79 bits per heavy atom. The first-order chi connectivity index (χ1) is 6.93. The molecule has 3 heteroatoms. The molecule has 1 aliphatic rings. The molecule has 2 nitrogen and oxygen atoms in total. The molecule has 0 saturated carbocycles. The number of rotatable bonds is 8. The first-order valence-electron chi connectivity index (χ1n) is 5.82. The van der Waals surface area contributed by atoms with Crippen LogP contribution in [0.25, 0.3) is 0 Å². The summed E-state index contributed by atoms with van der Waals surface area (Å²) in [5, 5.41) is 4.62. The maximum Gasteiger partial charge on any atom is 0.0700 e. The molecule has 84 valence electrons. The molecule has 0 amide bonds. The molecule has 0 aliphatic carbocycles. The lowest BCUT2D eigenvalue weighted by Crippen LogP contribution is -2.26. The quantitative estimate of drug-likeness (QED) is 0.537. The highest BCUT2D eigenvalue weighted by molar-refractivity contribution is 9.09. The van der Waals surface area contributed by atoms with Gasteiger partial charge in [-0.2, -0.15) is 0 Å². The van der Waals surface area contributed by atoms with E-state index >= 15 is 0 Å². The van der Waals surface area contributed by atoms with Crippen LogP contribution in [0.15, 0.2) is 0 Å². The molecule has 1 unspecified atom stereocenters. The molecule has 0 bridgehead atoms. The molecule has 1 atom stereocenters. The third-order valence-electron chi connectivity index (χ3n) is 2.63. The largest absolute Gasteiger partial charge is 0.377 e. The van der Waals surface area contributed by atoms with Crippen molar-refractivity contribution in [1.82, 2.24) is 5.32 Å². The lowest BCUT2D eigenvalue weighted by atomic mass is 10.2. The van der Waals surface area contributed by atoms with Crippen molar-refractivity contribution in [3.63, 3.8) is 0 Å². The summed E-state index contributed by atoms with van der Waals surface area (Å²) in [6, 6.07) is 0. The Morgan fingerprint density at radius 2 is 2.07 bits per heavy atom. The van der Waals surface area contributed by atoms with Crippen LogP contribution in [0, 0.1) is 0 Å². The average molecular weight is 264 g/mol. The van der Waals surface area contributed by atoms with Crippen molar-refractivity contribution in [2.75, 3.05) is 25.0 Å². The average Bonchev–Trinajstić information content (AvgIpc) is 2.69. The van der Waals surface area contributed by atoms with Gasteiger partial charge in [0, 0.05) is 18.5 Å². The van der Waals surface area contributed by atoms with Gasteiger partial charge < -0.3 is 10.1 Å². The zero-order chi connectivity index (χ0) is 10.1. The molecule has 1 fully saturated rings. The van der Waals surface area contributed by atoms with Crippen molar-refractivity contribution >= 4 is 15.9 Å². The number of alkyl halides is 1. The third kappa shape index (κ3) is 5.99. The Bertz CT molecular complexity index is 126. The van der Waals surface area contributed by atoms with Crippen LogP contribution in [0.2, 0.25) is 0 Å². The molecular formula is C11H22BrNO. The van der Waals surface area contributed by atoms with E-state index in [0.717, 1.165) is 25.0 Å². The summed E-state index contributed by atoms with van der Waals surface area (Å²) in [6.45, 7) is 3.18. The van der Waals surface area contributed by atoms with Crippen LogP contribution >= 0.6 is 15.9 Å². The van der Waals surface area contributed by atoms with E-state index in [2.05, 4.69) is 21.2 Å². The van der Waals surface area contributed by atoms with Gasteiger partial charge in [0.2, 0.25) is 0 Å². The predicted molar refractivity (Wildman–Crippen MR) is 64.1 cm³/mol. The summed E-state index contributed by atoms with van der Waals surface area (Å²) in [6.07, 6.45) is 8.31. The monoisotopic (exact) mass is 263 g/mol. The van der Waals surface area contributed by atoms with Crippen LogP contribution in [0.5, 0.6) is 0 Å². The lowest BCUT2D eigenvalue weighted by molar-refractivity contribution is 0.110. The van der Waals surface area contributed by atoms with Crippen molar-refractivity contribution in [3.05, 3.63) is 0 Å². The summed E-state index contributed by atoms with van der Waals surface area (Å²) in [5.74, 6) is 0. The smallest absolute Gasteiger partial charge is 0.0700 e. The van der Waals surface area contributed by atoms with E-state index in [1.807, 2.05) is 0 Å². The van der Waals surface area contributed by atoms with Crippen LogP contribution in [0.3, 0.4) is 0 Å². The van der Waals surface area contributed by atoms with Crippen LogP contribution in [-0.2, 0) is 4.74 Å². The molecule has 0 aromatic heterocycles. The van der Waals surface area contributed by atoms with Crippen LogP contribution < -0.4 is 5.32 Å². The molecule has 1 rings (SSSR count). The first-order valence-corrected chi connectivity index (χ1v) is 6.94. The van der Waals surface area contributed by atoms with Crippen LogP contribution in [0.4, 0.5) is 0 Å². The van der Waals surface area contributed by atoms with Crippen molar-refractivity contribution < 1.29 is 4.74 Å². The Kier molecular flexibility index (Phi) is 7.74. The summed E-state index contributed by atoms with van der Waals surface area (Å²) < 4.78 is 5.53. The summed E-state index contributed by atoms with van der Waals surface area (Å²) >= 11 is 3.44. The fraction of sp³-hybridized carbons (Fsp3) is 1.00. The van der Waals surface area contributed by atoms with Crippen molar-refractivity contribution in [2.45, 2.75) is 44.6 Å². The van der Waals surface area contributed by atoms with Gasteiger partial charge >= 0.3 is 0 Å². The molecule has 1 heterocycles. The molecule has 0 radical (unpaired) electrons.